The molecule has 0 aliphatic heterocycles. The Morgan fingerprint density at radius 3 is 2.66 bits per heavy atom. The van der Waals surface area contributed by atoms with Gasteiger partial charge in [-0.1, -0.05) is 24.3 Å². The minimum absolute atomic E-state index is 0.0811. The van der Waals surface area contributed by atoms with Crippen LogP contribution in [0.4, 0.5) is 0 Å². The second-order valence-electron chi connectivity index (χ2n) is 6.72. The summed E-state index contributed by atoms with van der Waals surface area (Å²) in [7, 11) is 0. The fourth-order valence-electron chi connectivity index (χ4n) is 3.20. The van der Waals surface area contributed by atoms with E-state index in [0.29, 0.717) is 11.9 Å². The minimum Gasteiger partial charge on any atom is -0.350 e. The zero-order valence-corrected chi connectivity index (χ0v) is 15.9. The van der Waals surface area contributed by atoms with Crippen LogP contribution in [0.1, 0.15) is 24.9 Å². The normalized spacial score (nSPS) is 12.0. The highest BCUT2D eigenvalue weighted by Gasteiger charge is 2.11. The molecule has 2 aromatic heterocycles. The average molecular weight is 388 g/mol. The van der Waals surface area contributed by atoms with Gasteiger partial charge in [0, 0.05) is 11.8 Å². The van der Waals surface area contributed by atoms with Crippen molar-refractivity contribution in [1.82, 2.24) is 29.9 Å². The zero-order chi connectivity index (χ0) is 20.2. The summed E-state index contributed by atoms with van der Waals surface area (Å²) in [4.78, 5) is 28.3. The van der Waals surface area contributed by atoms with Gasteiger partial charge in [-0.25, -0.2) is 9.67 Å². The van der Waals surface area contributed by atoms with Crippen molar-refractivity contribution in [3.63, 3.8) is 0 Å². The largest absolute Gasteiger partial charge is 0.350 e. The first kappa shape index (κ1) is 18.5. The molecule has 1 amide bonds. The van der Waals surface area contributed by atoms with E-state index >= 15 is 0 Å². The van der Waals surface area contributed by atoms with Crippen molar-refractivity contribution in [2.24, 2.45) is 0 Å². The van der Waals surface area contributed by atoms with Gasteiger partial charge in [-0.2, -0.15) is 10.2 Å². The third-order valence-electron chi connectivity index (χ3n) is 4.77. The maximum atomic E-state index is 12.4. The Labute approximate surface area is 166 Å². The smallest absolute Gasteiger partial charge is 0.222 e. The second-order valence-corrected chi connectivity index (χ2v) is 6.72. The highest BCUT2D eigenvalue weighted by molar-refractivity contribution is 5.79. The molecule has 29 heavy (non-hydrogen) atoms. The van der Waals surface area contributed by atoms with Gasteiger partial charge in [-0.3, -0.25) is 14.3 Å². The van der Waals surface area contributed by atoms with E-state index in [4.69, 9.17) is 0 Å². The molecular weight excluding hydrogens is 368 g/mol. The Hall–Kier alpha value is -3.81. The molecule has 146 valence electrons. The van der Waals surface area contributed by atoms with E-state index in [9.17, 15) is 9.59 Å². The van der Waals surface area contributed by atoms with Crippen LogP contribution in [-0.2, 0) is 11.3 Å². The number of amides is 1. The average Bonchev–Trinajstić information content (AvgIpc) is 3.28. The van der Waals surface area contributed by atoms with Crippen molar-refractivity contribution in [2.75, 3.05) is 0 Å². The van der Waals surface area contributed by atoms with E-state index in [1.807, 2.05) is 49.4 Å². The van der Waals surface area contributed by atoms with Crippen LogP contribution in [0.5, 0.6) is 0 Å². The first-order chi connectivity index (χ1) is 14.1. The molecule has 2 heterocycles. The van der Waals surface area contributed by atoms with E-state index in [1.54, 1.807) is 21.8 Å². The third kappa shape index (κ3) is 4.06. The second kappa shape index (κ2) is 8.05. The van der Waals surface area contributed by atoms with Crippen molar-refractivity contribution in [1.29, 1.82) is 0 Å². The van der Waals surface area contributed by atoms with Crippen LogP contribution in [0.25, 0.3) is 16.6 Å². The number of carbonyl (C=O) groups excluding carboxylic acids is 1. The maximum Gasteiger partial charge on any atom is 0.222 e. The summed E-state index contributed by atoms with van der Waals surface area (Å²) in [5, 5.41) is 11.9. The number of carbonyl (C=O) groups is 1. The van der Waals surface area contributed by atoms with Crippen LogP contribution in [-0.4, -0.2) is 30.5 Å². The van der Waals surface area contributed by atoms with Gasteiger partial charge in [0.1, 0.15) is 12.7 Å². The Morgan fingerprint density at radius 2 is 1.90 bits per heavy atom. The number of rotatable bonds is 6. The van der Waals surface area contributed by atoms with Crippen molar-refractivity contribution >= 4 is 16.8 Å². The summed E-state index contributed by atoms with van der Waals surface area (Å²) in [5.41, 5.74) is 2.50. The van der Waals surface area contributed by atoms with Crippen molar-refractivity contribution in [3.8, 4) is 5.69 Å². The van der Waals surface area contributed by atoms with Crippen molar-refractivity contribution in [2.45, 2.75) is 25.9 Å². The molecule has 0 fully saturated rings. The molecule has 0 radical (unpaired) electrons. The predicted octanol–water partition coefficient (Wildman–Crippen LogP) is 2.24. The lowest BCUT2D eigenvalue weighted by molar-refractivity contribution is -0.122. The summed E-state index contributed by atoms with van der Waals surface area (Å²) >= 11 is 0. The van der Waals surface area contributed by atoms with Crippen LogP contribution in [0, 0.1) is 0 Å². The van der Waals surface area contributed by atoms with E-state index in [2.05, 4.69) is 20.5 Å². The van der Waals surface area contributed by atoms with Gasteiger partial charge >= 0.3 is 0 Å². The quantitative estimate of drug-likeness (QED) is 0.547. The molecule has 0 saturated heterocycles. The number of hydrogen-bond acceptors (Lipinski definition) is 5. The number of aryl methyl sites for hydroxylation is 1. The maximum absolute atomic E-state index is 12.4. The van der Waals surface area contributed by atoms with E-state index < -0.39 is 0 Å². The fraction of sp³-hybridized carbons (Fsp3) is 0.190. The van der Waals surface area contributed by atoms with Gasteiger partial charge < -0.3 is 5.32 Å². The van der Waals surface area contributed by atoms with Gasteiger partial charge in [0.05, 0.1) is 30.0 Å². The van der Waals surface area contributed by atoms with Gasteiger partial charge in [-0.15, -0.1) is 0 Å². The highest BCUT2D eigenvalue weighted by atomic mass is 16.1. The minimum atomic E-state index is -0.133. The van der Waals surface area contributed by atoms with Crippen LogP contribution < -0.4 is 10.7 Å². The molecule has 0 unspecified atom stereocenters. The molecule has 8 heteroatoms. The molecule has 4 rings (SSSR count). The predicted molar refractivity (Wildman–Crippen MR) is 109 cm³/mol. The lowest BCUT2D eigenvalue weighted by Gasteiger charge is -2.15. The summed E-state index contributed by atoms with van der Waals surface area (Å²) in [6, 6.07) is 14.9. The molecule has 8 nitrogen and oxygen atoms in total. The molecular formula is C21H20N6O2. The summed E-state index contributed by atoms with van der Waals surface area (Å²) < 4.78 is 3.36. The Balaban J connectivity index is 1.39. The molecule has 4 aromatic rings. The van der Waals surface area contributed by atoms with Crippen LogP contribution in [0.15, 0.2) is 72.2 Å². The van der Waals surface area contributed by atoms with E-state index in [1.165, 1.54) is 12.5 Å². The van der Waals surface area contributed by atoms with Crippen LogP contribution in [0.3, 0.4) is 0 Å². The molecule has 0 saturated carbocycles. The first-order valence-electron chi connectivity index (χ1n) is 9.31. The fourth-order valence-corrected chi connectivity index (χ4v) is 3.20. The monoisotopic (exact) mass is 388 g/mol. The summed E-state index contributed by atoms with van der Waals surface area (Å²) in [6.07, 6.45) is 4.67. The lowest BCUT2D eigenvalue weighted by Crippen LogP contribution is -2.28. The number of nitrogens with one attached hydrogen (secondary N) is 1. The number of nitrogens with zero attached hydrogens (tertiary/aromatic N) is 5. The van der Waals surface area contributed by atoms with E-state index in [-0.39, 0.29) is 23.8 Å². The van der Waals surface area contributed by atoms with Gasteiger partial charge in [0.2, 0.25) is 11.3 Å². The Morgan fingerprint density at radius 1 is 1.10 bits per heavy atom. The van der Waals surface area contributed by atoms with Gasteiger partial charge in [0.25, 0.3) is 0 Å². The number of fused-ring (bicyclic) bond motifs is 1. The molecule has 0 spiro atoms. The number of hydrogen-bond donors (Lipinski definition) is 1. The number of aromatic nitrogens is 5. The zero-order valence-electron chi connectivity index (χ0n) is 15.9. The molecule has 0 bridgehead atoms. The van der Waals surface area contributed by atoms with E-state index in [0.717, 1.165) is 16.8 Å². The standard InChI is InChI=1S/C21H20N6O2/c1-15(16-6-8-17(9-7-16)27-14-22-13-24-27)25-21(29)10-11-26-19-5-3-2-4-18(19)20(28)12-23-26/h2-9,12-15H,10-11H2,1H3,(H,25,29)/t15-/m0/s1. The van der Waals surface area contributed by atoms with Crippen LogP contribution >= 0.6 is 0 Å². The SMILES string of the molecule is C[C@H](NC(=O)CCn1ncc(=O)c2ccccc21)c1ccc(-n2cncn2)cc1. The van der Waals surface area contributed by atoms with Gasteiger partial charge in [-0.05, 0) is 36.8 Å². The number of benzene rings is 2. The Bertz CT molecular complexity index is 1180. The Kier molecular flexibility index (Phi) is 5.15. The van der Waals surface area contributed by atoms with Crippen molar-refractivity contribution < 1.29 is 4.79 Å². The summed E-state index contributed by atoms with van der Waals surface area (Å²) in [5.74, 6) is -0.0811. The third-order valence-corrected chi connectivity index (χ3v) is 4.77. The molecule has 0 aliphatic carbocycles. The van der Waals surface area contributed by atoms with Crippen LogP contribution in [0.2, 0.25) is 0 Å². The molecule has 2 aromatic carbocycles. The molecule has 0 aliphatic rings. The molecule has 1 N–H and O–H groups in total. The highest BCUT2D eigenvalue weighted by Crippen LogP contribution is 2.15. The molecule has 1 atom stereocenters. The first-order valence-corrected chi connectivity index (χ1v) is 9.31. The summed E-state index contributed by atoms with van der Waals surface area (Å²) in [6.45, 7) is 2.33. The lowest BCUT2D eigenvalue weighted by atomic mass is 10.1. The topological polar surface area (TPSA) is 94.7 Å². The number of para-hydroxylation sites is 1. The van der Waals surface area contributed by atoms with Crippen molar-refractivity contribution in [3.05, 3.63) is 83.2 Å². The van der Waals surface area contributed by atoms with Gasteiger partial charge in [0.15, 0.2) is 0 Å².